The number of unbranched alkanes of at least 4 members (excludes halogenated alkanes) is 3. The van der Waals surface area contributed by atoms with Gasteiger partial charge in [-0.1, -0.05) is 37.5 Å². The molecule has 28 heavy (non-hydrogen) atoms. The second kappa shape index (κ2) is 12.0. The van der Waals surface area contributed by atoms with Crippen LogP contribution in [0.5, 0.6) is 5.75 Å². The fourth-order valence-electron chi connectivity index (χ4n) is 4.17. The average molecular weight is 395 g/mol. The average Bonchev–Trinajstić information content (AvgIpc) is 2.94. The molecule has 2 rings (SSSR count). The van der Waals surface area contributed by atoms with Crippen LogP contribution in [0.1, 0.15) is 57.8 Å². The van der Waals surface area contributed by atoms with Crippen molar-refractivity contribution in [1.82, 2.24) is 0 Å². The molecule has 0 saturated heterocycles. The van der Waals surface area contributed by atoms with Crippen LogP contribution in [-0.2, 0) is 4.79 Å². The lowest BCUT2D eigenvalue weighted by Crippen LogP contribution is -2.25. The minimum absolute atomic E-state index is 0.0135. The summed E-state index contributed by atoms with van der Waals surface area (Å²) >= 11 is 0. The first-order chi connectivity index (χ1) is 13.5. The third-order valence-corrected chi connectivity index (χ3v) is 5.72. The van der Waals surface area contributed by atoms with Gasteiger partial charge in [0.1, 0.15) is 12.4 Å². The van der Waals surface area contributed by atoms with Crippen molar-refractivity contribution < 1.29 is 30.0 Å². The van der Waals surface area contributed by atoms with Gasteiger partial charge in [-0.25, -0.2) is 0 Å². The van der Waals surface area contributed by atoms with E-state index in [4.69, 9.17) is 9.84 Å². The summed E-state index contributed by atoms with van der Waals surface area (Å²) in [6.45, 7) is 0.212. The van der Waals surface area contributed by atoms with Crippen molar-refractivity contribution >= 4 is 5.97 Å². The molecule has 0 amide bonds. The van der Waals surface area contributed by atoms with Gasteiger partial charge in [-0.3, -0.25) is 4.79 Å². The molecule has 0 unspecified atom stereocenters. The van der Waals surface area contributed by atoms with Crippen LogP contribution in [0, 0.1) is 11.8 Å². The smallest absolute Gasteiger partial charge is 0.303 e. The predicted octanol–water partition coefficient (Wildman–Crippen LogP) is 2.99. The zero-order valence-corrected chi connectivity index (χ0v) is 16.4. The molecule has 0 aromatic heterocycles. The van der Waals surface area contributed by atoms with Crippen LogP contribution in [-0.4, -0.2) is 51.3 Å². The number of hydrogen-bond acceptors (Lipinski definition) is 5. The third-order valence-electron chi connectivity index (χ3n) is 5.72. The Kier molecular flexibility index (Phi) is 9.75. The summed E-state index contributed by atoms with van der Waals surface area (Å²) in [6, 6.07) is 9.35. The number of carboxylic acids is 1. The van der Waals surface area contributed by atoms with E-state index >= 15 is 0 Å². The van der Waals surface area contributed by atoms with E-state index in [-0.39, 0.29) is 24.9 Å². The SMILES string of the molecule is O=C(O)CCCCCC[C@@H]1[C@@H](CC[C@@H](O)COc2ccccc2)[C@H](O)C[C@H]1O. The highest BCUT2D eigenvalue weighted by molar-refractivity contribution is 5.66. The fourth-order valence-corrected chi connectivity index (χ4v) is 4.17. The summed E-state index contributed by atoms with van der Waals surface area (Å²) in [6.07, 6.45) is 4.37. The predicted molar refractivity (Wildman–Crippen MR) is 106 cm³/mol. The summed E-state index contributed by atoms with van der Waals surface area (Å²) < 4.78 is 5.57. The lowest BCUT2D eigenvalue weighted by Gasteiger charge is -2.24. The quantitative estimate of drug-likeness (QED) is 0.383. The molecular formula is C22H34O6. The summed E-state index contributed by atoms with van der Waals surface area (Å²) in [5, 5.41) is 39.5. The first-order valence-electron chi connectivity index (χ1n) is 10.4. The Bertz CT molecular complexity index is 563. The molecule has 1 fully saturated rings. The number of aliphatic hydroxyl groups excluding tert-OH is 3. The van der Waals surface area contributed by atoms with Crippen LogP contribution in [0.3, 0.4) is 0 Å². The Morgan fingerprint density at radius 3 is 2.32 bits per heavy atom. The summed E-state index contributed by atoms with van der Waals surface area (Å²) in [5.41, 5.74) is 0. The highest BCUT2D eigenvalue weighted by Crippen LogP contribution is 2.39. The maximum Gasteiger partial charge on any atom is 0.303 e. The molecule has 0 bridgehead atoms. The van der Waals surface area contributed by atoms with E-state index in [1.165, 1.54) is 0 Å². The van der Waals surface area contributed by atoms with Crippen LogP contribution in [0.15, 0.2) is 30.3 Å². The molecular weight excluding hydrogens is 360 g/mol. The van der Waals surface area contributed by atoms with Gasteiger partial charge in [0, 0.05) is 6.42 Å². The largest absolute Gasteiger partial charge is 0.491 e. The van der Waals surface area contributed by atoms with E-state index in [2.05, 4.69) is 0 Å². The number of rotatable bonds is 13. The van der Waals surface area contributed by atoms with Crippen LogP contribution >= 0.6 is 0 Å². The third kappa shape index (κ3) is 7.78. The maximum atomic E-state index is 10.5. The van der Waals surface area contributed by atoms with E-state index in [9.17, 15) is 20.1 Å². The van der Waals surface area contributed by atoms with Gasteiger partial charge in [0.25, 0.3) is 0 Å². The number of aliphatic hydroxyl groups is 3. The van der Waals surface area contributed by atoms with Crippen LogP contribution in [0.25, 0.3) is 0 Å². The van der Waals surface area contributed by atoms with Crippen LogP contribution in [0.2, 0.25) is 0 Å². The fraction of sp³-hybridized carbons (Fsp3) is 0.682. The number of ether oxygens (including phenoxy) is 1. The van der Waals surface area contributed by atoms with Gasteiger partial charge in [-0.15, -0.1) is 0 Å². The molecule has 1 aliphatic rings. The molecule has 6 heteroatoms. The number of hydrogen-bond donors (Lipinski definition) is 4. The maximum absolute atomic E-state index is 10.5. The van der Waals surface area contributed by atoms with Gasteiger partial charge in [-0.2, -0.15) is 0 Å². The molecule has 6 nitrogen and oxygen atoms in total. The summed E-state index contributed by atoms with van der Waals surface area (Å²) in [4.78, 5) is 10.5. The van der Waals surface area contributed by atoms with Crippen molar-refractivity contribution in [2.75, 3.05) is 6.61 Å². The minimum atomic E-state index is -0.760. The molecule has 0 aliphatic heterocycles. The first kappa shape index (κ1) is 22.7. The van der Waals surface area contributed by atoms with Crippen molar-refractivity contribution in [3.8, 4) is 5.75 Å². The van der Waals surface area contributed by atoms with E-state index in [0.29, 0.717) is 25.7 Å². The molecule has 5 atom stereocenters. The molecule has 1 aliphatic carbocycles. The summed E-state index contributed by atoms with van der Waals surface area (Å²) in [5.74, 6) is -0.0139. The molecule has 0 radical (unpaired) electrons. The van der Waals surface area contributed by atoms with E-state index in [0.717, 1.165) is 31.4 Å². The van der Waals surface area contributed by atoms with Gasteiger partial charge in [0.05, 0.1) is 18.3 Å². The summed E-state index contributed by atoms with van der Waals surface area (Å²) in [7, 11) is 0. The minimum Gasteiger partial charge on any atom is -0.491 e. The molecule has 0 heterocycles. The molecule has 0 spiro atoms. The van der Waals surface area contributed by atoms with E-state index in [1.54, 1.807) is 0 Å². The van der Waals surface area contributed by atoms with Gasteiger partial charge < -0.3 is 25.2 Å². The van der Waals surface area contributed by atoms with Crippen LogP contribution in [0.4, 0.5) is 0 Å². The molecule has 1 saturated carbocycles. The monoisotopic (exact) mass is 394 g/mol. The number of para-hydroxylation sites is 1. The number of aliphatic carboxylic acids is 1. The normalized spacial score (nSPS) is 25.5. The second-order valence-corrected chi connectivity index (χ2v) is 7.90. The van der Waals surface area contributed by atoms with Crippen molar-refractivity contribution in [3.63, 3.8) is 0 Å². The molecule has 1 aromatic rings. The van der Waals surface area contributed by atoms with E-state index < -0.39 is 24.3 Å². The van der Waals surface area contributed by atoms with Crippen molar-refractivity contribution in [1.29, 1.82) is 0 Å². The molecule has 1 aromatic carbocycles. The standard InChI is InChI=1S/C22H34O6/c23-16(15-28-17-8-4-3-5-9-17)12-13-19-18(20(24)14-21(19)25)10-6-1-2-7-11-22(26)27/h3-5,8-9,16,18-21,23-25H,1-2,6-7,10-15H2,(H,26,27)/t16-,18-,19-,20-,21-/m1/s1. The number of carboxylic acid groups (broad SMARTS) is 1. The molecule has 4 N–H and O–H groups in total. The van der Waals surface area contributed by atoms with Crippen molar-refractivity contribution in [3.05, 3.63) is 30.3 Å². The first-order valence-corrected chi connectivity index (χ1v) is 10.4. The zero-order chi connectivity index (χ0) is 20.4. The number of benzene rings is 1. The number of carbonyl (C=O) groups is 1. The van der Waals surface area contributed by atoms with Gasteiger partial charge in [-0.05, 0) is 56.1 Å². The highest BCUT2D eigenvalue weighted by atomic mass is 16.5. The second-order valence-electron chi connectivity index (χ2n) is 7.90. The van der Waals surface area contributed by atoms with E-state index in [1.807, 2.05) is 30.3 Å². The Hall–Kier alpha value is -1.63. The zero-order valence-electron chi connectivity index (χ0n) is 16.4. The highest BCUT2D eigenvalue weighted by Gasteiger charge is 2.40. The molecule has 158 valence electrons. The van der Waals surface area contributed by atoms with Gasteiger partial charge >= 0.3 is 5.97 Å². The Labute approximate surface area is 167 Å². The Balaban J connectivity index is 1.69. The van der Waals surface area contributed by atoms with Crippen molar-refractivity contribution in [2.45, 2.75) is 76.1 Å². The van der Waals surface area contributed by atoms with Crippen LogP contribution < -0.4 is 4.74 Å². The Morgan fingerprint density at radius 2 is 1.64 bits per heavy atom. The van der Waals surface area contributed by atoms with Gasteiger partial charge in [0.2, 0.25) is 0 Å². The van der Waals surface area contributed by atoms with Crippen molar-refractivity contribution in [2.24, 2.45) is 11.8 Å². The topological polar surface area (TPSA) is 107 Å². The lowest BCUT2D eigenvalue weighted by atomic mass is 9.85. The Morgan fingerprint density at radius 1 is 1.00 bits per heavy atom. The lowest BCUT2D eigenvalue weighted by molar-refractivity contribution is -0.137. The van der Waals surface area contributed by atoms with Gasteiger partial charge in [0.15, 0.2) is 0 Å².